The minimum atomic E-state index is -0.495. The van der Waals surface area contributed by atoms with E-state index in [1.807, 2.05) is 25.1 Å². The molecule has 17 heavy (non-hydrogen) atoms. The number of fused-ring (bicyclic) bond motifs is 2. The molecular formula is C12H13BrN2O2. The first-order valence-corrected chi connectivity index (χ1v) is 6.34. The number of hydrogen-bond acceptors (Lipinski definition) is 3. The molecule has 2 atom stereocenters. The molecule has 2 aliphatic heterocycles. The van der Waals surface area contributed by atoms with E-state index in [9.17, 15) is 4.79 Å². The van der Waals surface area contributed by atoms with Gasteiger partial charge >= 0.3 is 0 Å². The summed E-state index contributed by atoms with van der Waals surface area (Å²) in [6, 6.07) is 5.81. The highest BCUT2D eigenvalue weighted by molar-refractivity contribution is 9.10. The van der Waals surface area contributed by atoms with E-state index in [0.717, 1.165) is 15.8 Å². The predicted molar refractivity (Wildman–Crippen MR) is 69.1 cm³/mol. The summed E-state index contributed by atoms with van der Waals surface area (Å²) in [6.45, 7) is 2.97. The maximum Gasteiger partial charge on any atom is 0.234 e. The fourth-order valence-corrected chi connectivity index (χ4v) is 2.66. The van der Waals surface area contributed by atoms with Crippen LogP contribution in [0.15, 0.2) is 22.7 Å². The van der Waals surface area contributed by atoms with Crippen LogP contribution in [0.3, 0.4) is 0 Å². The average molecular weight is 297 g/mol. The Balaban J connectivity index is 2.06. The lowest BCUT2D eigenvalue weighted by molar-refractivity contribution is -0.124. The van der Waals surface area contributed by atoms with Gasteiger partial charge in [-0.05, 0) is 25.1 Å². The molecular weight excluding hydrogens is 284 g/mol. The van der Waals surface area contributed by atoms with Gasteiger partial charge in [0.05, 0.1) is 36.0 Å². The highest BCUT2D eigenvalue weighted by Gasteiger charge is 2.48. The summed E-state index contributed by atoms with van der Waals surface area (Å²) < 4.78 is 6.42. The van der Waals surface area contributed by atoms with Crippen molar-refractivity contribution in [2.45, 2.75) is 13.0 Å². The number of amides is 1. The third-order valence-electron chi connectivity index (χ3n) is 3.53. The van der Waals surface area contributed by atoms with Crippen molar-refractivity contribution in [1.29, 1.82) is 0 Å². The van der Waals surface area contributed by atoms with Crippen molar-refractivity contribution in [2.24, 2.45) is 5.41 Å². The van der Waals surface area contributed by atoms with Gasteiger partial charge in [-0.1, -0.05) is 15.9 Å². The Morgan fingerprint density at radius 3 is 3.12 bits per heavy atom. The Morgan fingerprint density at radius 2 is 2.29 bits per heavy atom. The van der Waals surface area contributed by atoms with E-state index < -0.39 is 5.41 Å². The zero-order valence-electron chi connectivity index (χ0n) is 9.42. The zero-order valence-corrected chi connectivity index (χ0v) is 11.0. The van der Waals surface area contributed by atoms with Gasteiger partial charge in [0, 0.05) is 4.47 Å². The Morgan fingerprint density at radius 1 is 1.47 bits per heavy atom. The molecule has 1 aromatic rings. The molecule has 2 N–H and O–H groups in total. The number of rotatable bonds is 0. The molecule has 2 unspecified atom stereocenters. The fourth-order valence-electron chi connectivity index (χ4n) is 2.30. The summed E-state index contributed by atoms with van der Waals surface area (Å²) in [6.07, 6.45) is 0. The lowest BCUT2D eigenvalue weighted by Crippen LogP contribution is -2.44. The lowest BCUT2D eigenvalue weighted by Gasteiger charge is -2.25. The van der Waals surface area contributed by atoms with E-state index >= 15 is 0 Å². The molecule has 0 spiro atoms. The summed E-state index contributed by atoms with van der Waals surface area (Å²) in [5.41, 5.74) is 1.27. The second-order valence-electron chi connectivity index (χ2n) is 4.77. The highest BCUT2D eigenvalue weighted by atomic mass is 79.9. The van der Waals surface area contributed by atoms with Crippen LogP contribution in [0, 0.1) is 5.41 Å². The van der Waals surface area contributed by atoms with Crippen molar-refractivity contribution < 1.29 is 9.53 Å². The normalized spacial score (nSPS) is 30.9. The first-order valence-electron chi connectivity index (χ1n) is 5.55. The van der Waals surface area contributed by atoms with Gasteiger partial charge in [-0.2, -0.15) is 0 Å². The number of anilines is 2. The van der Waals surface area contributed by atoms with Crippen LogP contribution in [0.2, 0.25) is 0 Å². The molecule has 1 saturated heterocycles. The van der Waals surface area contributed by atoms with E-state index in [4.69, 9.17) is 4.74 Å². The van der Waals surface area contributed by atoms with E-state index in [-0.39, 0.29) is 11.9 Å². The molecule has 0 aromatic heterocycles. The van der Waals surface area contributed by atoms with Crippen LogP contribution >= 0.6 is 15.9 Å². The smallest absolute Gasteiger partial charge is 0.234 e. The minimum absolute atomic E-state index is 0.0218. The predicted octanol–water partition coefficient (Wildman–Crippen LogP) is 2.22. The molecule has 0 radical (unpaired) electrons. The zero-order chi connectivity index (χ0) is 12.0. The van der Waals surface area contributed by atoms with Crippen LogP contribution in [-0.2, 0) is 9.53 Å². The third kappa shape index (κ3) is 1.65. The van der Waals surface area contributed by atoms with Crippen LogP contribution < -0.4 is 10.6 Å². The highest BCUT2D eigenvalue weighted by Crippen LogP contribution is 2.38. The van der Waals surface area contributed by atoms with Crippen molar-refractivity contribution in [3.05, 3.63) is 22.7 Å². The van der Waals surface area contributed by atoms with Gasteiger partial charge in [-0.25, -0.2) is 0 Å². The molecule has 90 valence electrons. The molecule has 1 aromatic carbocycles. The second-order valence-corrected chi connectivity index (χ2v) is 5.69. The molecule has 4 nitrogen and oxygen atoms in total. The molecule has 5 heteroatoms. The van der Waals surface area contributed by atoms with Crippen molar-refractivity contribution >= 4 is 33.2 Å². The minimum Gasteiger partial charge on any atom is -0.378 e. The third-order valence-corrected chi connectivity index (χ3v) is 4.03. The van der Waals surface area contributed by atoms with E-state index in [2.05, 4.69) is 26.6 Å². The van der Waals surface area contributed by atoms with Crippen molar-refractivity contribution in [3.8, 4) is 0 Å². The number of carbonyl (C=O) groups is 1. The summed E-state index contributed by atoms with van der Waals surface area (Å²) in [5, 5.41) is 6.35. The monoisotopic (exact) mass is 296 g/mol. The summed E-state index contributed by atoms with van der Waals surface area (Å²) >= 11 is 3.43. The topological polar surface area (TPSA) is 50.4 Å². The number of hydrogen-bond donors (Lipinski definition) is 2. The van der Waals surface area contributed by atoms with Crippen LogP contribution in [-0.4, -0.2) is 25.2 Å². The summed E-state index contributed by atoms with van der Waals surface area (Å²) in [4.78, 5) is 12.2. The maximum absolute atomic E-state index is 12.2. The van der Waals surface area contributed by atoms with Gasteiger partial charge in [0.1, 0.15) is 0 Å². The van der Waals surface area contributed by atoms with Gasteiger partial charge in [-0.15, -0.1) is 0 Å². The first-order chi connectivity index (χ1) is 8.09. The van der Waals surface area contributed by atoms with Crippen LogP contribution in [0.1, 0.15) is 6.92 Å². The maximum atomic E-state index is 12.2. The molecule has 3 rings (SSSR count). The van der Waals surface area contributed by atoms with Crippen LogP contribution in [0.4, 0.5) is 11.4 Å². The molecule has 0 saturated carbocycles. The van der Waals surface area contributed by atoms with Gasteiger partial charge in [0.15, 0.2) is 0 Å². The van der Waals surface area contributed by atoms with Crippen LogP contribution in [0.5, 0.6) is 0 Å². The molecule has 2 aliphatic rings. The molecule has 0 bridgehead atoms. The number of halogens is 1. The standard InChI is InChI=1S/C12H13BrN2O2/c1-12-6-17-5-10(12)14-9-4-7(13)2-3-8(9)15-11(12)16/h2-4,10,14H,5-6H2,1H3,(H,15,16). The van der Waals surface area contributed by atoms with Crippen molar-refractivity contribution in [2.75, 3.05) is 23.8 Å². The quantitative estimate of drug-likeness (QED) is 0.772. The average Bonchev–Trinajstić information content (AvgIpc) is 2.61. The SMILES string of the molecule is CC12COCC1Nc1cc(Br)ccc1NC2=O. The number of carbonyl (C=O) groups excluding carboxylic acids is 1. The first kappa shape index (κ1) is 11.0. The van der Waals surface area contributed by atoms with Gasteiger partial charge in [-0.3, -0.25) is 4.79 Å². The van der Waals surface area contributed by atoms with Crippen LogP contribution in [0.25, 0.3) is 0 Å². The van der Waals surface area contributed by atoms with Gasteiger partial charge < -0.3 is 15.4 Å². The van der Waals surface area contributed by atoms with Gasteiger partial charge in [0.25, 0.3) is 0 Å². The lowest BCUT2D eigenvalue weighted by atomic mass is 9.84. The largest absolute Gasteiger partial charge is 0.378 e. The second kappa shape index (κ2) is 3.71. The number of ether oxygens (including phenoxy) is 1. The van der Waals surface area contributed by atoms with Gasteiger partial charge in [0.2, 0.25) is 5.91 Å². The van der Waals surface area contributed by atoms with E-state index in [1.54, 1.807) is 0 Å². The summed E-state index contributed by atoms with van der Waals surface area (Å²) in [7, 11) is 0. The molecule has 2 heterocycles. The Bertz CT molecular complexity index is 491. The molecule has 0 aliphatic carbocycles. The van der Waals surface area contributed by atoms with Crippen molar-refractivity contribution in [1.82, 2.24) is 0 Å². The van der Waals surface area contributed by atoms with E-state index in [1.165, 1.54) is 0 Å². The Labute approximate surface area is 108 Å². The molecule has 1 amide bonds. The Hall–Kier alpha value is -1.07. The Kier molecular flexibility index (Phi) is 2.41. The number of benzene rings is 1. The molecule has 1 fully saturated rings. The van der Waals surface area contributed by atoms with E-state index in [0.29, 0.717) is 13.2 Å². The fraction of sp³-hybridized carbons (Fsp3) is 0.417. The van der Waals surface area contributed by atoms with Crippen molar-refractivity contribution in [3.63, 3.8) is 0 Å². The number of nitrogens with one attached hydrogen (secondary N) is 2. The summed E-state index contributed by atoms with van der Waals surface area (Å²) in [5.74, 6) is 0.0218.